The van der Waals surface area contributed by atoms with Crippen LogP contribution in [0.2, 0.25) is 0 Å². The fourth-order valence-corrected chi connectivity index (χ4v) is 2.80. The Balaban J connectivity index is 1.76. The molecule has 0 bridgehead atoms. The number of carbonyl (C=O) groups is 1. The summed E-state index contributed by atoms with van der Waals surface area (Å²) in [4.78, 5) is 25.6. The topological polar surface area (TPSA) is 106 Å². The predicted octanol–water partition coefficient (Wildman–Crippen LogP) is 2.03. The molecule has 0 atom stereocenters. The van der Waals surface area contributed by atoms with Gasteiger partial charge in [-0.3, -0.25) is 9.78 Å². The maximum absolute atomic E-state index is 12.0. The zero-order valence-corrected chi connectivity index (χ0v) is 13.6. The second kappa shape index (κ2) is 7.62. The minimum absolute atomic E-state index is 0.189. The second-order valence-electron chi connectivity index (χ2n) is 4.88. The summed E-state index contributed by atoms with van der Waals surface area (Å²) < 4.78 is 0. The van der Waals surface area contributed by atoms with E-state index in [0.717, 1.165) is 21.4 Å². The molecule has 0 unspecified atom stereocenters. The van der Waals surface area contributed by atoms with E-state index in [2.05, 4.69) is 25.6 Å². The lowest BCUT2D eigenvalue weighted by atomic mass is 10.2. The summed E-state index contributed by atoms with van der Waals surface area (Å²) in [6.07, 6.45) is 6.69. The van der Waals surface area contributed by atoms with E-state index in [9.17, 15) is 4.79 Å². The quantitative estimate of drug-likeness (QED) is 0.634. The molecule has 0 aliphatic rings. The third-order valence-electron chi connectivity index (χ3n) is 3.12. The van der Waals surface area contributed by atoms with Gasteiger partial charge in [0.05, 0.1) is 10.4 Å². The molecule has 0 aliphatic carbocycles. The summed E-state index contributed by atoms with van der Waals surface area (Å²) in [7, 11) is 0. The third kappa shape index (κ3) is 3.92. The number of pyridine rings is 2. The number of hydrogen-bond acceptors (Lipinski definition) is 7. The molecule has 122 valence electrons. The van der Waals surface area contributed by atoms with E-state index < -0.39 is 0 Å². The van der Waals surface area contributed by atoms with Crippen LogP contribution < -0.4 is 16.4 Å². The third-order valence-corrected chi connectivity index (χ3v) is 4.08. The van der Waals surface area contributed by atoms with E-state index >= 15 is 0 Å². The van der Waals surface area contributed by atoms with E-state index in [1.165, 1.54) is 17.5 Å². The average Bonchev–Trinajstić information content (AvgIpc) is 3.09. The minimum atomic E-state index is -0.189. The highest BCUT2D eigenvalue weighted by Gasteiger charge is 2.10. The van der Waals surface area contributed by atoms with Gasteiger partial charge in [0.15, 0.2) is 5.13 Å². The molecule has 0 aromatic carbocycles. The highest BCUT2D eigenvalue weighted by molar-refractivity contribution is 7.18. The molecule has 3 rings (SSSR count). The number of nitrogens with two attached hydrogens (primary N) is 1. The molecule has 3 aromatic rings. The fourth-order valence-electron chi connectivity index (χ4n) is 2.00. The summed E-state index contributed by atoms with van der Waals surface area (Å²) in [6.45, 7) is 0.831. The van der Waals surface area contributed by atoms with Gasteiger partial charge in [-0.05, 0) is 18.2 Å². The van der Waals surface area contributed by atoms with E-state index in [0.29, 0.717) is 18.7 Å². The Labute approximate surface area is 143 Å². The first-order valence-electron chi connectivity index (χ1n) is 7.34. The number of nitrogens with one attached hydrogen (secondary N) is 2. The molecule has 0 saturated carbocycles. The Hall–Kier alpha value is -2.84. The van der Waals surface area contributed by atoms with Crippen LogP contribution in [0.3, 0.4) is 0 Å². The number of anilines is 2. The maximum Gasteiger partial charge on any atom is 0.252 e. The van der Waals surface area contributed by atoms with E-state index in [4.69, 9.17) is 5.73 Å². The summed E-state index contributed by atoms with van der Waals surface area (Å²) in [5, 5.41) is 6.59. The van der Waals surface area contributed by atoms with Crippen LogP contribution in [0.1, 0.15) is 10.4 Å². The van der Waals surface area contributed by atoms with Crippen molar-refractivity contribution >= 4 is 28.2 Å². The largest absolute Gasteiger partial charge is 0.351 e. The van der Waals surface area contributed by atoms with Gasteiger partial charge in [-0.1, -0.05) is 17.4 Å². The first-order valence-corrected chi connectivity index (χ1v) is 8.15. The Bertz CT molecular complexity index is 820. The van der Waals surface area contributed by atoms with Gasteiger partial charge >= 0.3 is 0 Å². The first kappa shape index (κ1) is 16.0. The van der Waals surface area contributed by atoms with Gasteiger partial charge in [0.25, 0.3) is 5.91 Å². The molecule has 3 heterocycles. The molecular weight excluding hydrogens is 324 g/mol. The van der Waals surface area contributed by atoms with Crippen molar-refractivity contribution in [1.29, 1.82) is 0 Å². The van der Waals surface area contributed by atoms with Crippen LogP contribution in [0, 0.1) is 0 Å². The molecule has 0 spiro atoms. The van der Waals surface area contributed by atoms with Crippen molar-refractivity contribution in [3.63, 3.8) is 0 Å². The zero-order chi connectivity index (χ0) is 16.8. The summed E-state index contributed by atoms with van der Waals surface area (Å²) >= 11 is 1.47. The molecule has 0 aliphatic heterocycles. The van der Waals surface area contributed by atoms with Crippen LogP contribution >= 0.6 is 11.3 Å². The standard InChI is InChI=1S/C16H16N6OS/c17-4-6-20-15(23)12-7-11(8-18-9-12)13-10-21-16(24-13)22-14-3-1-2-5-19-14/h1-3,5,7-10H,4,6,17H2,(H,20,23)(H,19,21,22). The van der Waals surface area contributed by atoms with Gasteiger partial charge in [0.2, 0.25) is 0 Å². The number of hydrogen-bond donors (Lipinski definition) is 3. The van der Waals surface area contributed by atoms with Crippen molar-refractivity contribution < 1.29 is 4.79 Å². The van der Waals surface area contributed by atoms with Gasteiger partial charge in [-0.2, -0.15) is 0 Å². The van der Waals surface area contributed by atoms with Crippen LogP contribution in [0.15, 0.2) is 49.1 Å². The average molecular weight is 340 g/mol. The number of thiazole rings is 1. The van der Waals surface area contributed by atoms with Crippen molar-refractivity contribution in [2.75, 3.05) is 18.4 Å². The zero-order valence-electron chi connectivity index (χ0n) is 12.8. The molecule has 7 nitrogen and oxygen atoms in total. The lowest BCUT2D eigenvalue weighted by molar-refractivity contribution is 0.0954. The van der Waals surface area contributed by atoms with E-state index in [1.807, 2.05) is 18.2 Å². The van der Waals surface area contributed by atoms with Gasteiger partial charge in [-0.25, -0.2) is 9.97 Å². The van der Waals surface area contributed by atoms with Crippen LogP contribution in [-0.2, 0) is 0 Å². The summed E-state index contributed by atoms with van der Waals surface area (Å²) in [5.41, 5.74) is 6.72. The Morgan fingerprint density at radius 2 is 2.12 bits per heavy atom. The molecule has 3 aromatic heterocycles. The van der Waals surface area contributed by atoms with Gasteiger partial charge in [0.1, 0.15) is 5.82 Å². The highest BCUT2D eigenvalue weighted by atomic mass is 32.1. The number of carbonyl (C=O) groups excluding carboxylic acids is 1. The molecular formula is C16H16N6OS. The molecule has 4 N–H and O–H groups in total. The van der Waals surface area contributed by atoms with Crippen molar-refractivity contribution in [3.8, 4) is 10.4 Å². The van der Waals surface area contributed by atoms with Crippen molar-refractivity contribution in [2.45, 2.75) is 0 Å². The van der Waals surface area contributed by atoms with Crippen molar-refractivity contribution in [1.82, 2.24) is 20.3 Å². The fraction of sp³-hybridized carbons (Fsp3) is 0.125. The molecule has 24 heavy (non-hydrogen) atoms. The second-order valence-corrected chi connectivity index (χ2v) is 5.91. The van der Waals surface area contributed by atoms with Gasteiger partial charge in [-0.15, -0.1) is 0 Å². The lowest BCUT2D eigenvalue weighted by Gasteiger charge is -2.04. The molecule has 0 saturated heterocycles. The molecule has 0 radical (unpaired) electrons. The molecule has 1 amide bonds. The smallest absolute Gasteiger partial charge is 0.252 e. The van der Waals surface area contributed by atoms with Crippen molar-refractivity contribution in [3.05, 3.63) is 54.6 Å². The van der Waals surface area contributed by atoms with E-state index in [1.54, 1.807) is 24.7 Å². The number of aromatic nitrogens is 3. The normalized spacial score (nSPS) is 10.4. The number of amides is 1. The first-order chi connectivity index (χ1) is 11.8. The minimum Gasteiger partial charge on any atom is -0.351 e. The highest BCUT2D eigenvalue weighted by Crippen LogP contribution is 2.30. The predicted molar refractivity (Wildman–Crippen MR) is 94.3 cm³/mol. The SMILES string of the molecule is NCCNC(=O)c1cncc(-c2cnc(Nc3ccccn3)s2)c1. The van der Waals surface area contributed by atoms with E-state index in [-0.39, 0.29) is 5.91 Å². The van der Waals surface area contributed by atoms with Crippen LogP contribution in [0.5, 0.6) is 0 Å². The van der Waals surface area contributed by atoms with Crippen LogP contribution in [0.4, 0.5) is 10.9 Å². The summed E-state index contributed by atoms with van der Waals surface area (Å²) in [5.74, 6) is 0.539. The molecule has 0 fully saturated rings. The Morgan fingerprint density at radius 3 is 2.92 bits per heavy atom. The van der Waals surface area contributed by atoms with Crippen LogP contribution in [-0.4, -0.2) is 33.9 Å². The monoisotopic (exact) mass is 340 g/mol. The Morgan fingerprint density at radius 1 is 1.21 bits per heavy atom. The number of nitrogens with zero attached hydrogens (tertiary/aromatic N) is 3. The van der Waals surface area contributed by atoms with Gasteiger partial charge < -0.3 is 16.4 Å². The summed E-state index contributed by atoms with van der Waals surface area (Å²) in [6, 6.07) is 7.41. The lowest BCUT2D eigenvalue weighted by Crippen LogP contribution is -2.29. The van der Waals surface area contributed by atoms with Gasteiger partial charge in [0, 0.05) is 43.4 Å². The number of rotatable bonds is 6. The molecule has 8 heteroatoms. The van der Waals surface area contributed by atoms with Crippen LogP contribution in [0.25, 0.3) is 10.4 Å². The van der Waals surface area contributed by atoms with Crippen molar-refractivity contribution in [2.24, 2.45) is 5.73 Å². The Kier molecular flexibility index (Phi) is 5.09. The maximum atomic E-state index is 12.0.